The summed E-state index contributed by atoms with van der Waals surface area (Å²) in [5.41, 5.74) is 7.61. The summed E-state index contributed by atoms with van der Waals surface area (Å²) < 4.78 is 5.73. The van der Waals surface area contributed by atoms with Crippen molar-refractivity contribution < 1.29 is 4.74 Å². The van der Waals surface area contributed by atoms with E-state index in [1.165, 1.54) is 6.33 Å². The molecule has 1 aromatic carbocycles. The fourth-order valence-corrected chi connectivity index (χ4v) is 2.00. The molecule has 0 saturated carbocycles. The second-order valence-corrected chi connectivity index (χ2v) is 4.92. The monoisotopic (exact) mass is 277 g/mol. The summed E-state index contributed by atoms with van der Waals surface area (Å²) in [6.45, 7) is 4.41. The fourth-order valence-electron chi connectivity index (χ4n) is 1.81. The van der Waals surface area contributed by atoms with Gasteiger partial charge in [0.1, 0.15) is 18.8 Å². The molecule has 0 unspecified atom stereocenters. The molecule has 2 N–H and O–H groups in total. The van der Waals surface area contributed by atoms with Crippen LogP contribution in [0.4, 0.5) is 5.82 Å². The molecule has 100 valence electrons. The highest BCUT2D eigenvalue weighted by atomic mass is 35.5. The van der Waals surface area contributed by atoms with Crippen molar-refractivity contribution in [3.63, 3.8) is 0 Å². The standard InChI is InChI=1S/C14H16ClN3O/c1-9(2)12-13(16)17-8-18-14(12)19-7-10-5-3-4-6-11(10)15/h3-6,8-9H,7H2,1-2H3,(H2,16,17,18). The quantitative estimate of drug-likeness (QED) is 0.930. The van der Waals surface area contributed by atoms with Gasteiger partial charge in [0.05, 0.1) is 5.56 Å². The van der Waals surface area contributed by atoms with Crippen LogP contribution in [0.15, 0.2) is 30.6 Å². The van der Waals surface area contributed by atoms with Crippen molar-refractivity contribution in [3.05, 3.63) is 46.7 Å². The average Bonchev–Trinajstić information content (AvgIpc) is 2.37. The van der Waals surface area contributed by atoms with Crippen molar-refractivity contribution in [1.29, 1.82) is 0 Å². The van der Waals surface area contributed by atoms with Crippen LogP contribution >= 0.6 is 11.6 Å². The van der Waals surface area contributed by atoms with E-state index >= 15 is 0 Å². The molecule has 19 heavy (non-hydrogen) atoms. The van der Waals surface area contributed by atoms with Crippen LogP contribution in [0.5, 0.6) is 5.88 Å². The molecular formula is C14H16ClN3O. The minimum absolute atomic E-state index is 0.197. The maximum Gasteiger partial charge on any atom is 0.222 e. The third-order valence-corrected chi connectivity index (χ3v) is 3.15. The van der Waals surface area contributed by atoms with Gasteiger partial charge in [-0.05, 0) is 12.0 Å². The van der Waals surface area contributed by atoms with Gasteiger partial charge in [-0.25, -0.2) is 9.97 Å². The summed E-state index contributed by atoms with van der Waals surface area (Å²) in [6, 6.07) is 7.55. The Kier molecular flexibility index (Phi) is 4.22. The number of hydrogen-bond acceptors (Lipinski definition) is 4. The van der Waals surface area contributed by atoms with Crippen LogP contribution in [0.3, 0.4) is 0 Å². The van der Waals surface area contributed by atoms with Gasteiger partial charge in [0.25, 0.3) is 0 Å². The molecule has 0 aliphatic carbocycles. The number of nitrogens with two attached hydrogens (primary N) is 1. The van der Waals surface area contributed by atoms with E-state index in [0.29, 0.717) is 23.3 Å². The molecule has 0 bridgehead atoms. The van der Waals surface area contributed by atoms with Crippen LogP contribution in [0.1, 0.15) is 30.9 Å². The van der Waals surface area contributed by atoms with Gasteiger partial charge in [0.15, 0.2) is 0 Å². The van der Waals surface area contributed by atoms with E-state index in [-0.39, 0.29) is 5.92 Å². The smallest absolute Gasteiger partial charge is 0.222 e. The maximum absolute atomic E-state index is 6.09. The summed E-state index contributed by atoms with van der Waals surface area (Å²) in [5.74, 6) is 1.17. The number of aromatic nitrogens is 2. The molecule has 0 radical (unpaired) electrons. The third-order valence-electron chi connectivity index (χ3n) is 2.78. The molecule has 0 aliphatic heterocycles. The minimum atomic E-state index is 0.197. The number of rotatable bonds is 4. The Bertz CT molecular complexity index is 572. The van der Waals surface area contributed by atoms with Crippen LogP contribution in [0.2, 0.25) is 5.02 Å². The molecule has 0 amide bonds. The Morgan fingerprint density at radius 3 is 2.68 bits per heavy atom. The first kappa shape index (κ1) is 13.6. The van der Waals surface area contributed by atoms with E-state index in [4.69, 9.17) is 22.1 Å². The van der Waals surface area contributed by atoms with Crippen molar-refractivity contribution >= 4 is 17.4 Å². The Hall–Kier alpha value is -1.81. The van der Waals surface area contributed by atoms with Gasteiger partial charge in [-0.15, -0.1) is 0 Å². The SMILES string of the molecule is CC(C)c1c(N)ncnc1OCc1ccccc1Cl. The van der Waals surface area contributed by atoms with Gasteiger partial charge in [-0.3, -0.25) is 0 Å². The van der Waals surface area contributed by atoms with Crippen molar-refractivity contribution in [2.75, 3.05) is 5.73 Å². The van der Waals surface area contributed by atoms with Gasteiger partial charge < -0.3 is 10.5 Å². The Labute approximate surface area is 117 Å². The van der Waals surface area contributed by atoms with Gasteiger partial charge in [-0.1, -0.05) is 43.6 Å². The molecule has 0 aliphatic rings. The third kappa shape index (κ3) is 3.15. The van der Waals surface area contributed by atoms with E-state index in [1.54, 1.807) is 0 Å². The molecule has 2 aromatic rings. The van der Waals surface area contributed by atoms with E-state index in [9.17, 15) is 0 Å². The van der Waals surface area contributed by atoms with E-state index in [0.717, 1.165) is 11.1 Å². The largest absolute Gasteiger partial charge is 0.472 e. The van der Waals surface area contributed by atoms with Crippen molar-refractivity contribution in [1.82, 2.24) is 9.97 Å². The van der Waals surface area contributed by atoms with E-state index in [1.807, 2.05) is 38.1 Å². The zero-order chi connectivity index (χ0) is 13.8. The number of nitrogens with zero attached hydrogens (tertiary/aromatic N) is 2. The summed E-state index contributed by atoms with van der Waals surface area (Å²) in [5, 5.41) is 0.677. The Balaban J connectivity index is 2.21. The van der Waals surface area contributed by atoms with E-state index < -0.39 is 0 Å². The van der Waals surface area contributed by atoms with Gasteiger partial charge in [0.2, 0.25) is 5.88 Å². The van der Waals surface area contributed by atoms with Crippen molar-refractivity contribution in [3.8, 4) is 5.88 Å². The summed E-state index contributed by atoms with van der Waals surface area (Å²) in [7, 11) is 0. The lowest BCUT2D eigenvalue weighted by Crippen LogP contribution is -2.07. The molecule has 1 heterocycles. The summed E-state index contributed by atoms with van der Waals surface area (Å²) in [4.78, 5) is 8.14. The Morgan fingerprint density at radius 2 is 2.00 bits per heavy atom. The Morgan fingerprint density at radius 1 is 1.26 bits per heavy atom. The zero-order valence-electron chi connectivity index (χ0n) is 10.9. The van der Waals surface area contributed by atoms with Crippen LogP contribution in [0.25, 0.3) is 0 Å². The maximum atomic E-state index is 6.09. The molecular weight excluding hydrogens is 262 g/mol. The molecule has 4 nitrogen and oxygen atoms in total. The first-order chi connectivity index (χ1) is 9.09. The number of ether oxygens (including phenoxy) is 1. The zero-order valence-corrected chi connectivity index (χ0v) is 11.7. The molecule has 2 rings (SSSR count). The minimum Gasteiger partial charge on any atom is -0.472 e. The first-order valence-corrected chi connectivity index (χ1v) is 6.44. The molecule has 0 fully saturated rings. The van der Waals surface area contributed by atoms with Gasteiger partial charge >= 0.3 is 0 Å². The lowest BCUT2D eigenvalue weighted by atomic mass is 10.1. The normalized spacial score (nSPS) is 10.7. The fraction of sp³-hybridized carbons (Fsp3) is 0.286. The number of anilines is 1. The number of nitrogen functional groups attached to an aromatic ring is 1. The van der Waals surface area contributed by atoms with E-state index in [2.05, 4.69) is 9.97 Å². The highest BCUT2D eigenvalue weighted by Gasteiger charge is 2.14. The number of benzene rings is 1. The lowest BCUT2D eigenvalue weighted by Gasteiger charge is -2.14. The van der Waals surface area contributed by atoms with Crippen molar-refractivity contribution in [2.45, 2.75) is 26.4 Å². The molecule has 0 spiro atoms. The van der Waals surface area contributed by atoms with Gasteiger partial charge in [0, 0.05) is 10.6 Å². The number of hydrogen-bond donors (Lipinski definition) is 1. The highest BCUT2D eigenvalue weighted by Crippen LogP contribution is 2.29. The second kappa shape index (κ2) is 5.89. The topological polar surface area (TPSA) is 61.0 Å². The van der Waals surface area contributed by atoms with Crippen LogP contribution in [-0.4, -0.2) is 9.97 Å². The lowest BCUT2D eigenvalue weighted by molar-refractivity contribution is 0.289. The van der Waals surface area contributed by atoms with Crippen LogP contribution in [-0.2, 0) is 6.61 Å². The average molecular weight is 278 g/mol. The van der Waals surface area contributed by atoms with Crippen LogP contribution < -0.4 is 10.5 Å². The summed E-state index contributed by atoms with van der Waals surface area (Å²) >= 11 is 6.09. The highest BCUT2D eigenvalue weighted by molar-refractivity contribution is 6.31. The first-order valence-electron chi connectivity index (χ1n) is 6.06. The molecule has 0 saturated heterocycles. The molecule has 0 atom stereocenters. The summed E-state index contributed by atoms with van der Waals surface area (Å²) in [6.07, 6.45) is 1.41. The number of halogens is 1. The molecule has 1 aromatic heterocycles. The predicted octanol–water partition coefficient (Wildman–Crippen LogP) is 3.41. The van der Waals surface area contributed by atoms with Crippen LogP contribution in [0, 0.1) is 0 Å². The van der Waals surface area contributed by atoms with Gasteiger partial charge in [-0.2, -0.15) is 0 Å². The molecule has 5 heteroatoms. The van der Waals surface area contributed by atoms with Crippen molar-refractivity contribution in [2.24, 2.45) is 0 Å². The predicted molar refractivity (Wildman–Crippen MR) is 76.3 cm³/mol. The second-order valence-electron chi connectivity index (χ2n) is 4.51.